The third kappa shape index (κ3) is 4.00. The first-order chi connectivity index (χ1) is 9.69. The molecule has 1 atom stereocenters. The van der Waals surface area contributed by atoms with Gasteiger partial charge in [-0.05, 0) is 35.2 Å². The van der Waals surface area contributed by atoms with Gasteiger partial charge >= 0.3 is 0 Å². The maximum Gasteiger partial charge on any atom is 0.0991 e. The van der Waals surface area contributed by atoms with Crippen molar-refractivity contribution in [1.82, 2.24) is 0 Å². The van der Waals surface area contributed by atoms with Gasteiger partial charge in [0.15, 0.2) is 0 Å². The van der Waals surface area contributed by atoms with Crippen molar-refractivity contribution in [2.45, 2.75) is 6.42 Å². The topological polar surface area (TPSA) is 73.1 Å². The molecule has 0 saturated heterocycles. The molecule has 20 heavy (non-hydrogen) atoms. The van der Waals surface area contributed by atoms with E-state index in [9.17, 15) is 8.76 Å². The average molecular weight is 286 g/mol. The van der Waals surface area contributed by atoms with E-state index in [4.69, 9.17) is 5.26 Å². The predicted molar refractivity (Wildman–Crippen MR) is 75.2 cm³/mol. The van der Waals surface area contributed by atoms with E-state index in [0.29, 0.717) is 12.0 Å². The zero-order chi connectivity index (χ0) is 14.4. The molecule has 0 heterocycles. The fourth-order valence-corrected chi connectivity index (χ4v) is 1.86. The third-order valence-electron chi connectivity index (χ3n) is 2.87. The van der Waals surface area contributed by atoms with Gasteiger partial charge < -0.3 is 8.74 Å². The molecule has 102 valence electrons. The van der Waals surface area contributed by atoms with Crippen LogP contribution >= 0.6 is 0 Å². The fraction of sp³-hybridized carbons (Fsp3) is 0.133. The Balaban J connectivity index is 0.000000198. The highest BCUT2D eigenvalue weighted by Crippen LogP contribution is 2.29. The molecular formula is C15H12NO3S-. The summed E-state index contributed by atoms with van der Waals surface area (Å²) >= 11 is -2.45. The molecule has 0 fully saturated rings. The van der Waals surface area contributed by atoms with Crippen LogP contribution < -0.4 is 0 Å². The van der Waals surface area contributed by atoms with Crippen molar-refractivity contribution in [3.05, 3.63) is 59.7 Å². The van der Waals surface area contributed by atoms with E-state index in [1.807, 2.05) is 6.07 Å². The lowest BCUT2D eigenvalue weighted by Crippen LogP contribution is -2.00. The van der Waals surface area contributed by atoms with Gasteiger partial charge in [0.1, 0.15) is 0 Å². The molecule has 0 aliphatic heterocycles. The lowest BCUT2D eigenvalue weighted by Gasteiger charge is -2.10. The Morgan fingerprint density at radius 3 is 1.95 bits per heavy atom. The van der Waals surface area contributed by atoms with Crippen LogP contribution in [0.3, 0.4) is 0 Å². The molecule has 4 nitrogen and oxygen atoms in total. The Kier molecular flexibility index (Phi) is 5.02. The number of nitrogens with zero attached hydrogens (tertiary/aromatic N) is 1. The van der Waals surface area contributed by atoms with E-state index >= 15 is 0 Å². The summed E-state index contributed by atoms with van der Waals surface area (Å²) in [5.41, 5.74) is 4.38. The summed E-state index contributed by atoms with van der Waals surface area (Å²) in [6.45, 7) is 0.127. The van der Waals surface area contributed by atoms with Crippen molar-refractivity contribution < 1.29 is 12.9 Å². The van der Waals surface area contributed by atoms with Crippen molar-refractivity contribution >= 4 is 11.4 Å². The molecule has 0 aromatic heterocycles. The van der Waals surface area contributed by atoms with Crippen LogP contribution in [0.5, 0.6) is 0 Å². The van der Waals surface area contributed by atoms with Crippen LogP contribution in [0.25, 0.3) is 11.1 Å². The van der Waals surface area contributed by atoms with Crippen LogP contribution in [0.2, 0.25) is 0 Å². The van der Waals surface area contributed by atoms with Gasteiger partial charge in [0.2, 0.25) is 0 Å². The van der Waals surface area contributed by atoms with Crippen molar-refractivity contribution in [3.63, 3.8) is 0 Å². The molecule has 0 N–H and O–H groups in total. The Hall–Kier alpha value is -2.00. The van der Waals surface area contributed by atoms with Crippen LogP contribution in [-0.2, 0) is 22.0 Å². The highest BCUT2D eigenvalue weighted by atomic mass is 32.2. The van der Waals surface area contributed by atoms with E-state index in [1.54, 1.807) is 24.3 Å². The zero-order valence-corrected chi connectivity index (χ0v) is 11.4. The first kappa shape index (κ1) is 14.4. The SMILES string of the molecule is N#Cc1ccc(CCOS(=O)[O-])cc1.c1cc2ccc1-2. The molecule has 2 aliphatic rings. The molecular weight excluding hydrogens is 274 g/mol. The average Bonchev–Trinajstić information content (AvgIpc) is 2.44. The quantitative estimate of drug-likeness (QED) is 0.691. The van der Waals surface area contributed by atoms with E-state index in [0.717, 1.165) is 5.56 Å². The van der Waals surface area contributed by atoms with E-state index in [-0.39, 0.29) is 6.61 Å². The van der Waals surface area contributed by atoms with Crippen LogP contribution in [0.4, 0.5) is 0 Å². The van der Waals surface area contributed by atoms with Gasteiger partial charge in [0.05, 0.1) is 29.6 Å². The molecule has 0 saturated carbocycles. The van der Waals surface area contributed by atoms with Gasteiger partial charge in [-0.25, -0.2) is 4.21 Å². The van der Waals surface area contributed by atoms with Gasteiger partial charge in [-0.3, -0.25) is 0 Å². The third-order valence-corrected chi connectivity index (χ3v) is 3.23. The number of hydrogen-bond acceptors (Lipinski definition) is 4. The standard InChI is InChI=1S/C9H9NO3S.C6H4/c10-7-9-3-1-8(2-4-9)5-6-13-14(11)12;1-2-6-4-3-5(1)6/h1-4H,5-6H2,(H,11,12);1-4H/p-1. The van der Waals surface area contributed by atoms with Crippen LogP contribution in [0, 0.1) is 11.3 Å². The minimum atomic E-state index is -2.45. The van der Waals surface area contributed by atoms with Crippen LogP contribution in [0.1, 0.15) is 11.1 Å². The Bertz CT molecular complexity index is 609. The monoisotopic (exact) mass is 286 g/mol. The van der Waals surface area contributed by atoms with Gasteiger partial charge in [0.25, 0.3) is 0 Å². The highest BCUT2D eigenvalue weighted by Gasteiger charge is 2.04. The lowest BCUT2D eigenvalue weighted by molar-refractivity contribution is 0.304. The summed E-state index contributed by atoms with van der Waals surface area (Å²) in [6, 6.07) is 17.4. The van der Waals surface area contributed by atoms with Gasteiger partial charge in [-0.15, -0.1) is 0 Å². The van der Waals surface area contributed by atoms with E-state index < -0.39 is 11.4 Å². The molecule has 1 unspecified atom stereocenters. The summed E-state index contributed by atoms with van der Waals surface area (Å²) in [6.07, 6.45) is 0.514. The summed E-state index contributed by atoms with van der Waals surface area (Å²) in [5.74, 6) is 0. The minimum Gasteiger partial charge on any atom is -0.750 e. The Labute approximate surface area is 120 Å². The first-order valence-electron chi connectivity index (χ1n) is 6.01. The molecule has 0 amide bonds. The summed E-state index contributed by atoms with van der Waals surface area (Å²) in [4.78, 5) is 0. The van der Waals surface area contributed by atoms with Gasteiger partial charge in [-0.1, -0.05) is 36.4 Å². The Morgan fingerprint density at radius 1 is 1.05 bits per heavy atom. The fourth-order valence-electron chi connectivity index (χ4n) is 1.64. The second kappa shape index (κ2) is 6.96. The molecule has 2 aliphatic carbocycles. The van der Waals surface area contributed by atoms with Crippen molar-refractivity contribution in [1.29, 1.82) is 5.26 Å². The number of nitriles is 1. The second-order valence-corrected chi connectivity index (χ2v) is 4.81. The van der Waals surface area contributed by atoms with Gasteiger partial charge in [0, 0.05) is 0 Å². The molecule has 0 spiro atoms. The van der Waals surface area contributed by atoms with Crippen LogP contribution in [0.15, 0.2) is 48.5 Å². The maximum atomic E-state index is 10.0. The molecule has 0 bridgehead atoms. The van der Waals surface area contributed by atoms with Crippen molar-refractivity contribution in [2.75, 3.05) is 6.61 Å². The lowest BCUT2D eigenvalue weighted by atomic mass is 9.95. The molecule has 3 rings (SSSR count). The highest BCUT2D eigenvalue weighted by molar-refractivity contribution is 7.74. The Morgan fingerprint density at radius 2 is 1.60 bits per heavy atom. The molecule has 0 radical (unpaired) electrons. The zero-order valence-electron chi connectivity index (χ0n) is 10.6. The maximum absolute atomic E-state index is 10.0. The van der Waals surface area contributed by atoms with Crippen molar-refractivity contribution in [3.8, 4) is 17.2 Å². The normalized spacial score (nSPS) is 11.8. The largest absolute Gasteiger partial charge is 0.750 e. The van der Waals surface area contributed by atoms with Gasteiger partial charge in [-0.2, -0.15) is 5.26 Å². The minimum absolute atomic E-state index is 0.127. The molecule has 1 aromatic carbocycles. The summed E-state index contributed by atoms with van der Waals surface area (Å²) in [7, 11) is 0. The first-order valence-corrected chi connectivity index (χ1v) is 7.01. The number of benzene rings is 2. The molecule has 5 heteroatoms. The summed E-state index contributed by atoms with van der Waals surface area (Å²) in [5, 5.41) is 8.52. The second-order valence-electron chi connectivity index (χ2n) is 4.16. The van der Waals surface area contributed by atoms with Crippen molar-refractivity contribution in [2.24, 2.45) is 0 Å². The van der Waals surface area contributed by atoms with Crippen LogP contribution in [-0.4, -0.2) is 15.4 Å². The smallest absolute Gasteiger partial charge is 0.0991 e. The molecule has 1 aromatic rings. The number of hydrogen-bond donors (Lipinski definition) is 0. The van der Waals surface area contributed by atoms with E-state index in [2.05, 4.69) is 28.4 Å². The van der Waals surface area contributed by atoms with E-state index in [1.165, 1.54) is 11.1 Å². The summed E-state index contributed by atoms with van der Waals surface area (Å²) < 4.78 is 24.4. The number of rotatable bonds is 4. The predicted octanol–water partition coefficient (Wildman–Crippen LogP) is 2.58. The number of fused-ring (bicyclic) bond motifs is 1.